The molecule has 0 bridgehead atoms. The van der Waals surface area contributed by atoms with Crippen LogP contribution in [0.15, 0.2) is 37.0 Å². The van der Waals surface area contributed by atoms with E-state index >= 15 is 0 Å². The molecule has 0 radical (unpaired) electrons. The zero-order chi connectivity index (χ0) is 14.6. The lowest BCUT2D eigenvalue weighted by molar-refractivity contribution is 0.275. The van der Waals surface area contributed by atoms with Gasteiger partial charge in [0.1, 0.15) is 11.8 Å². The van der Waals surface area contributed by atoms with Gasteiger partial charge in [0.25, 0.3) is 0 Å². The molecule has 0 spiro atoms. The minimum atomic E-state index is -0.696. The molecule has 2 aromatic heterocycles. The maximum absolute atomic E-state index is 13.0. The van der Waals surface area contributed by atoms with Crippen LogP contribution in [-0.4, -0.2) is 28.6 Å². The molecule has 1 saturated heterocycles. The second-order valence-electron chi connectivity index (χ2n) is 5.63. The third-order valence-corrected chi connectivity index (χ3v) is 4.20. The molecule has 0 unspecified atom stereocenters. The van der Waals surface area contributed by atoms with E-state index in [-0.39, 0.29) is 0 Å². The molecule has 1 aliphatic rings. The number of anilines is 1. The molecule has 21 heavy (non-hydrogen) atoms. The molecule has 106 valence electrons. The summed E-state index contributed by atoms with van der Waals surface area (Å²) in [6, 6.07) is 8.24. The van der Waals surface area contributed by atoms with Crippen molar-refractivity contribution < 1.29 is 4.39 Å². The number of aromatic nitrogens is 2. The molecule has 0 aliphatic carbocycles. The van der Waals surface area contributed by atoms with E-state index in [4.69, 9.17) is 0 Å². The molecular weight excluding hydrogens is 265 g/mol. The molecule has 0 amide bonds. The molecule has 0 saturated carbocycles. The average Bonchev–Trinajstić information content (AvgIpc) is 2.79. The lowest BCUT2D eigenvalue weighted by Gasteiger charge is -2.36. The zero-order valence-electron chi connectivity index (χ0n) is 11.9. The predicted molar refractivity (Wildman–Crippen MR) is 84.6 cm³/mol. The fourth-order valence-electron chi connectivity index (χ4n) is 2.92. The topological polar surface area (TPSA) is 20.5 Å². The third kappa shape index (κ3) is 1.82. The molecule has 4 heteroatoms. The molecule has 1 aliphatic heterocycles. The number of halogens is 1. The monoisotopic (exact) mass is 281 g/mol. The van der Waals surface area contributed by atoms with E-state index < -0.39 is 6.17 Å². The lowest BCUT2D eigenvalue weighted by Crippen LogP contribution is -2.48. The number of benzene rings is 1. The van der Waals surface area contributed by atoms with Crippen molar-refractivity contribution in [1.29, 1.82) is 0 Å². The summed E-state index contributed by atoms with van der Waals surface area (Å²) in [5.41, 5.74) is 6.27. The summed E-state index contributed by atoms with van der Waals surface area (Å²) < 4.78 is 15.1. The number of fused-ring (bicyclic) bond motifs is 3. The fraction of sp³-hybridized carbons (Fsp3) is 0.235. The SMILES string of the molecule is C=Cc1cc2nc3cc(N4CC(F)C4)ccn3c2cc1C. The molecule has 3 aromatic rings. The van der Waals surface area contributed by atoms with Gasteiger partial charge in [-0.15, -0.1) is 0 Å². The van der Waals surface area contributed by atoms with Gasteiger partial charge in [-0.2, -0.15) is 0 Å². The smallest absolute Gasteiger partial charge is 0.139 e. The quantitative estimate of drug-likeness (QED) is 0.715. The van der Waals surface area contributed by atoms with Crippen molar-refractivity contribution in [1.82, 2.24) is 9.38 Å². The average molecular weight is 281 g/mol. The number of pyridine rings is 1. The maximum atomic E-state index is 13.0. The Bertz CT molecular complexity index is 859. The molecule has 3 nitrogen and oxygen atoms in total. The number of aryl methyl sites for hydroxylation is 1. The molecule has 0 N–H and O–H groups in total. The second-order valence-corrected chi connectivity index (χ2v) is 5.63. The Balaban J connectivity index is 1.88. The molecule has 3 heterocycles. The van der Waals surface area contributed by atoms with E-state index in [0.717, 1.165) is 27.9 Å². The van der Waals surface area contributed by atoms with Crippen LogP contribution in [0.3, 0.4) is 0 Å². The normalized spacial score (nSPS) is 15.6. The highest BCUT2D eigenvalue weighted by Crippen LogP contribution is 2.27. The summed E-state index contributed by atoms with van der Waals surface area (Å²) in [4.78, 5) is 6.71. The number of hydrogen-bond donors (Lipinski definition) is 0. The van der Waals surface area contributed by atoms with Gasteiger partial charge in [-0.05, 0) is 36.2 Å². The van der Waals surface area contributed by atoms with Crippen LogP contribution in [0.4, 0.5) is 10.1 Å². The highest BCUT2D eigenvalue weighted by molar-refractivity contribution is 5.84. The van der Waals surface area contributed by atoms with Gasteiger partial charge in [0.15, 0.2) is 0 Å². The van der Waals surface area contributed by atoms with Crippen LogP contribution in [0.1, 0.15) is 11.1 Å². The van der Waals surface area contributed by atoms with Crippen LogP contribution in [-0.2, 0) is 0 Å². The van der Waals surface area contributed by atoms with E-state index in [0.29, 0.717) is 13.1 Å². The summed E-state index contributed by atoms with van der Waals surface area (Å²) in [6.45, 7) is 6.88. The van der Waals surface area contributed by atoms with Crippen LogP contribution >= 0.6 is 0 Å². The minimum Gasteiger partial charge on any atom is -0.365 e. The van der Waals surface area contributed by atoms with Gasteiger partial charge < -0.3 is 4.90 Å². The first kappa shape index (κ1) is 12.4. The summed E-state index contributed by atoms with van der Waals surface area (Å²) in [5, 5.41) is 0. The summed E-state index contributed by atoms with van der Waals surface area (Å²) in [5.74, 6) is 0. The third-order valence-electron chi connectivity index (χ3n) is 4.20. The van der Waals surface area contributed by atoms with Gasteiger partial charge in [-0.1, -0.05) is 12.7 Å². The van der Waals surface area contributed by atoms with Crippen molar-refractivity contribution in [3.8, 4) is 0 Å². The minimum absolute atomic E-state index is 0.482. The molecular formula is C17H16FN3. The summed E-state index contributed by atoms with van der Waals surface area (Å²) in [7, 11) is 0. The van der Waals surface area contributed by atoms with Crippen LogP contribution < -0.4 is 4.90 Å². The van der Waals surface area contributed by atoms with E-state index in [1.54, 1.807) is 0 Å². The zero-order valence-corrected chi connectivity index (χ0v) is 11.9. The summed E-state index contributed by atoms with van der Waals surface area (Å²) >= 11 is 0. The van der Waals surface area contributed by atoms with Crippen molar-refractivity contribution in [3.63, 3.8) is 0 Å². The van der Waals surface area contributed by atoms with Crippen molar-refractivity contribution >= 4 is 28.4 Å². The van der Waals surface area contributed by atoms with Gasteiger partial charge in [0.05, 0.1) is 24.1 Å². The number of rotatable bonds is 2. The molecule has 4 rings (SSSR count). The Hall–Kier alpha value is -2.36. The first-order valence-electron chi connectivity index (χ1n) is 7.09. The van der Waals surface area contributed by atoms with E-state index in [2.05, 4.69) is 35.0 Å². The van der Waals surface area contributed by atoms with Gasteiger partial charge in [0, 0.05) is 18.0 Å². The Labute approximate surface area is 122 Å². The van der Waals surface area contributed by atoms with Crippen LogP contribution in [0.25, 0.3) is 22.8 Å². The first-order chi connectivity index (χ1) is 10.2. The Morgan fingerprint density at radius 1 is 1.33 bits per heavy atom. The van der Waals surface area contributed by atoms with Crippen molar-refractivity contribution in [2.24, 2.45) is 0 Å². The standard InChI is InChI=1S/C17H16FN3/c1-3-12-7-15-16(6-11(12)2)21-5-4-14(8-17(21)19-15)20-9-13(18)10-20/h3-8,13H,1,9-10H2,2H3. The first-order valence-corrected chi connectivity index (χ1v) is 7.09. The number of alkyl halides is 1. The van der Waals surface area contributed by atoms with E-state index in [9.17, 15) is 4.39 Å². The van der Waals surface area contributed by atoms with Crippen LogP contribution in [0, 0.1) is 6.92 Å². The van der Waals surface area contributed by atoms with Crippen LogP contribution in [0.2, 0.25) is 0 Å². The second kappa shape index (κ2) is 4.32. The highest BCUT2D eigenvalue weighted by Gasteiger charge is 2.26. The predicted octanol–water partition coefficient (Wildman–Crippen LogP) is 3.60. The Morgan fingerprint density at radius 2 is 2.14 bits per heavy atom. The number of nitrogens with zero attached hydrogens (tertiary/aromatic N) is 3. The molecule has 1 aromatic carbocycles. The van der Waals surface area contributed by atoms with E-state index in [1.807, 2.05) is 29.3 Å². The van der Waals surface area contributed by atoms with Gasteiger partial charge >= 0.3 is 0 Å². The fourth-order valence-corrected chi connectivity index (χ4v) is 2.92. The number of imidazole rings is 1. The Morgan fingerprint density at radius 3 is 2.86 bits per heavy atom. The summed E-state index contributed by atoms with van der Waals surface area (Å²) in [6.07, 6.45) is 3.17. The van der Waals surface area contributed by atoms with Crippen molar-refractivity contribution in [2.45, 2.75) is 13.1 Å². The lowest BCUT2D eigenvalue weighted by atomic mass is 10.1. The maximum Gasteiger partial charge on any atom is 0.139 e. The molecule has 0 atom stereocenters. The van der Waals surface area contributed by atoms with Crippen molar-refractivity contribution in [3.05, 3.63) is 48.2 Å². The highest BCUT2D eigenvalue weighted by atomic mass is 19.1. The van der Waals surface area contributed by atoms with Gasteiger partial charge in [-0.25, -0.2) is 9.37 Å². The van der Waals surface area contributed by atoms with Crippen LogP contribution in [0.5, 0.6) is 0 Å². The van der Waals surface area contributed by atoms with Gasteiger partial charge in [-0.3, -0.25) is 4.40 Å². The Kier molecular flexibility index (Phi) is 2.55. The number of hydrogen-bond acceptors (Lipinski definition) is 2. The van der Waals surface area contributed by atoms with E-state index in [1.165, 1.54) is 5.56 Å². The van der Waals surface area contributed by atoms with Crippen molar-refractivity contribution in [2.75, 3.05) is 18.0 Å². The largest absolute Gasteiger partial charge is 0.365 e. The molecule has 1 fully saturated rings. The van der Waals surface area contributed by atoms with Gasteiger partial charge in [0.2, 0.25) is 0 Å².